The minimum absolute atomic E-state index is 0.614. The smallest absolute Gasteiger partial charge is 0.205 e. The van der Waals surface area contributed by atoms with Crippen LogP contribution < -0.4 is 10.2 Å². The van der Waals surface area contributed by atoms with E-state index in [1.165, 1.54) is 11.5 Å². The van der Waals surface area contributed by atoms with Gasteiger partial charge in [0.2, 0.25) is 5.13 Å². The standard InChI is InChI=1S/C16H30N6O2S/c1-4-14-19-16(25-20-14)22-9-7-21(8-10-22)15(17-5-2)18-6-11-24-13-12-23-3/h4-13H2,1-3H3,(H,17,18). The number of anilines is 1. The number of hydrogen-bond acceptors (Lipinski definition) is 7. The lowest BCUT2D eigenvalue weighted by atomic mass is 10.3. The summed E-state index contributed by atoms with van der Waals surface area (Å²) in [6.07, 6.45) is 0.889. The summed E-state index contributed by atoms with van der Waals surface area (Å²) < 4.78 is 14.8. The minimum atomic E-state index is 0.614. The third-order valence-corrected chi connectivity index (χ3v) is 4.70. The molecule has 1 saturated heterocycles. The SMILES string of the molecule is CCNC(=NCCOCCOC)N1CCN(c2nc(CC)ns2)CC1. The van der Waals surface area contributed by atoms with Crippen LogP contribution in [0, 0.1) is 0 Å². The molecule has 0 amide bonds. The van der Waals surface area contributed by atoms with Crippen LogP contribution in [0.4, 0.5) is 5.13 Å². The predicted octanol–water partition coefficient (Wildman–Crippen LogP) is 0.851. The maximum Gasteiger partial charge on any atom is 0.205 e. The van der Waals surface area contributed by atoms with Gasteiger partial charge >= 0.3 is 0 Å². The number of aliphatic imine (C=N–C) groups is 1. The van der Waals surface area contributed by atoms with Gasteiger partial charge in [-0.15, -0.1) is 0 Å². The fraction of sp³-hybridized carbons (Fsp3) is 0.812. The zero-order valence-electron chi connectivity index (χ0n) is 15.5. The Morgan fingerprint density at radius 3 is 2.64 bits per heavy atom. The number of guanidine groups is 1. The Morgan fingerprint density at radius 1 is 1.20 bits per heavy atom. The van der Waals surface area contributed by atoms with E-state index in [0.29, 0.717) is 26.4 Å². The van der Waals surface area contributed by atoms with E-state index in [4.69, 9.17) is 9.47 Å². The van der Waals surface area contributed by atoms with Crippen molar-refractivity contribution in [1.82, 2.24) is 19.6 Å². The van der Waals surface area contributed by atoms with Gasteiger partial charge in [-0.25, -0.2) is 4.98 Å². The Balaban J connectivity index is 1.80. The molecule has 1 aliphatic heterocycles. The largest absolute Gasteiger partial charge is 0.382 e. The number of ether oxygens (including phenoxy) is 2. The summed E-state index contributed by atoms with van der Waals surface area (Å²) in [5, 5.41) is 4.41. The zero-order valence-corrected chi connectivity index (χ0v) is 16.3. The van der Waals surface area contributed by atoms with E-state index in [-0.39, 0.29) is 0 Å². The lowest BCUT2D eigenvalue weighted by Gasteiger charge is -2.36. The molecular formula is C16H30N6O2S. The average Bonchev–Trinajstić information content (AvgIpc) is 3.13. The lowest BCUT2D eigenvalue weighted by Crippen LogP contribution is -2.52. The van der Waals surface area contributed by atoms with Crippen molar-refractivity contribution in [3.63, 3.8) is 0 Å². The first-order chi connectivity index (χ1) is 12.3. The normalized spacial score (nSPS) is 15.7. The molecule has 1 aromatic heterocycles. The van der Waals surface area contributed by atoms with Crippen molar-refractivity contribution in [3.8, 4) is 0 Å². The second-order valence-electron chi connectivity index (χ2n) is 5.66. The molecule has 0 aliphatic carbocycles. The average molecular weight is 371 g/mol. The third kappa shape index (κ3) is 6.41. The van der Waals surface area contributed by atoms with Crippen molar-refractivity contribution < 1.29 is 9.47 Å². The number of nitrogens with zero attached hydrogens (tertiary/aromatic N) is 5. The summed E-state index contributed by atoms with van der Waals surface area (Å²) in [4.78, 5) is 13.9. The molecule has 1 fully saturated rings. The number of piperazine rings is 1. The molecule has 0 unspecified atom stereocenters. The molecule has 0 aromatic carbocycles. The summed E-state index contributed by atoms with van der Waals surface area (Å²) in [5.74, 6) is 1.90. The highest BCUT2D eigenvalue weighted by Gasteiger charge is 2.21. The molecule has 25 heavy (non-hydrogen) atoms. The van der Waals surface area contributed by atoms with Gasteiger partial charge in [0.15, 0.2) is 5.96 Å². The molecule has 0 spiro atoms. The molecule has 2 heterocycles. The van der Waals surface area contributed by atoms with Gasteiger partial charge in [-0.05, 0) is 6.92 Å². The van der Waals surface area contributed by atoms with Crippen LogP contribution in [-0.4, -0.2) is 86.4 Å². The maximum absolute atomic E-state index is 5.48. The van der Waals surface area contributed by atoms with Crippen molar-refractivity contribution in [3.05, 3.63) is 5.82 Å². The fourth-order valence-electron chi connectivity index (χ4n) is 2.51. The van der Waals surface area contributed by atoms with Crippen molar-refractivity contribution in [1.29, 1.82) is 0 Å². The van der Waals surface area contributed by atoms with Gasteiger partial charge in [-0.1, -0.05) is 6.92 Å². The van der Waals surface area contributed by atoms with Gasteiger partial charge in [0.1, 0.15) is 5.82 Å². The van der Waals surface area contributed by atoms with Crippen LogP contribution in [0.1, 0.15) is 19.7 Å². The quantitative estimate of drug-likeness (QED) is 0.392. The Hall–Kier alpha value is -1.45. The van der Waals surface area contributed by atoms with Crippen LogP contribution in [0.25, 0.3) is 0 Å². The van der Waals surface area contributed by atoms with Crippen LogP contribution >= 0.6 is 11.5 Å². The number of rotatable bonds is 9. The van der Waals surface area contributed by atoms with Crippen LogP contribution in [-0.2, 0) is 15.9 Å². The Kier molecular flexibility index (Phi) is 8.92. The van der Waals surface area contributed by atoms with E-state index in [1.807, 2.05) is 0 Å². The molecule has 0 saturated carbocycles. The van der Waals surface area contributed by atoms with Gasteiger partial charge in [0.05, 0.1) is 26.4 Å². The number of hydrogen-bond donors (Lipinski definition) is 1. The Labute approximate surface area is 154 Å². The van der Waals surface area contributed by atoms with Gasteiger partial charge in [-0.3, -0.25) is 4.99 Å². The van der Waals surface area contributed by atoms with Crippen LogP contribution in [0.5, 0.6) is 0 Å². The Bertz CT molecular complexity index is 516. The fourth-order valence-corrected chi connectivity index (χ4v) is 3.31. The molecule has 0 atom stereocenters. The van der Waals surface area contributed by atoms with Gasteiger partial charge in [-0.2, -0.15) is 4.37 Å². The van der Waals surface area contributed by atoms with Gasteiger partial charge in [0.25, 0.3) is 0 Å². The van der Waals surface area contributed by atoms with Crippen molar-refractivity contribution in [2.24, 2.45) is 4.99 Å². The van der Waals surface area contributed by atoms with Crippen molar-refractivity contribution >= 4 is 22.6 Å². The number of aromatic nitrogens is 2. The molecule has 1 aliphatic rings. The van der Waals surface area contributed by atoms with Crippen molar-refractivity contribution in [2.75, 3.05) is 71.1 Å². The highest BCUT2D eigenvalue weighted by molar-refractivity contribution is 7.09. The highest BCUT2D eigenvalue weighted by Crippen LogP contribution is 2.19. The van der Waals surface area contributed by atoms with E-state index in [2.05, 4.69) is 43.3 Å². The monoisotopic (exact) mass is 370 g/mol. The third-order valence-electron chi connectivity index (χ3n) is 3.89. The van der Waals surface area contributed by atoms with Crippen molar-refractivity contribution in [2.45, 2.75) is 20.3 Å². The molecule has 9 heteroatoms. The molecule has 1 N–H and O–H groups in total. The molecule has 0 radical (unpaired) electrons. The molecule has 142 valence electrons. The van der Waals surface area contributed by atoms with E-state index in [1.54, 1.807) is 7.11 Å². The second kappa shape index (κ2) is 11.2. The number of nitrogens with one attached hydrogen (secondary N) is 1. The first kappa shape index (κ1) is 19.9. The van der Waals surface area contributed by atoms with E-state index < -0.39 is 0 Å². The maximum atomic E-state index is 5.48. The summed E-state index contributed by atoms with van der Waals surface area (Å²) in [6.45, 7) is 11.3. The first-order valence-corrected chi connectivity index (χ1v) is 9.73. The van der Waals surface area contributed by atoms with E-state index >= 15 is 0 Å². The summed E-state index contributed by atoms with van der Waals surface area (Å²) in [5.41, 5.74) is 0. The Morgan fingerprint density at radius 2 is 2.00 bits per heavy atom. The number of aryl methyl sites for hydroxylation is 1. The lowest BCUT2D eigenvalue weighted by molar-refractivity contribution is 0.0747. The van der Waals surface area contributed by atoms with E-state index in [9.17, 15) is 0 Å². The molecule has 8 nitrogen and oxygen atoms in total. The van der Waals surface area contributed by atoms with Gasteiger partial charge in [0, 0.05) is 57.8 Å². The van der Waals surface area contributed by atoms with Gasteiger partial charge < -0.3 is 24.6 Å². The summed E-state index contributed by atoms with van der Waals surface area (Å²) in [6, 6.07) is 0. The zero-order chi connectivity index (χ0) is 17.9. The number of methoxy groups -OCH3 is 1. The van der Waals surface area contributed by atoms with E-state index in [0.717, 1.165) is 56.1 Å². The van der Waals surface area contributed by atoms with Crippen LogP contribution in [0.3, 0.4) is 0 Å². The second-order valence-corrected chi connectivity index (χ2v) is 6.39. The first-order valence-electron chi connectivity index (χ1n) is 8.96. The topological polar surface area (TPSA) is 75.1 Å². The summed E-state index contributed by atoms with van der Waals surface area (Å²) >= 11 is 1.50. The molecule has 2 rings (SSSR count). The molecule has 0 bridgehead atoms. The van der Waals surface area contributed by atoms with Crippen LogP contribution in [0.2, 0.25) is 0 Å². The minimum Gasteiger partial charge on any atom is -0.382 e. The summed E-state index contributed by atoms with van der Waals surface area (Å²) in [7, 11) is 1.68. The molecular weight excluding hydrogens is 340 g/mol. The predicted molar refractivity (Wildman–Crippen MR) is 102 cm³/mol. The highest BCUT2D eigenvalue weighted by atomic mass is 32.1. The molecule has 1 aromatic rings. The van der Waals surface area contributed by atoms with Crippen LogP contribution in [0.15, 0.2) is 4.99 Å².